The molecule has 3 heterocycles. The van der Waals surface area contributed by atoms with E-state index in [-0.39, 0.29) is 22.4 Å². The van der Waals surface area contributed by atoms with E-state index < -0.39 is 17.1 Å². The number of benzene rings is 2. The van der Waals surface area contributed by atoms with Crippen LogP contribution < -0.4 is 4.74 Å². The van der Waals surface area contributed by atoms with Crippen LogP contribution in [0.15, 0.2) is 30.3 Å². The van der Waals surface area contributed by atoms with Crippen molar-refractivity contribution in [2.45, 2.75) is 55.3 Å². The minimum atomic E-state index is -1.09. The molecule has 2 bridgehead atoms. The second-order valence-corrected chi connectivity index (χ2v) is 10.9. The Morgan fingerprint density at radius 3 is 2.91 bits per heavy atom. The van der Waals surface area contributed by atoms with Crippen LogP contribution in [0.25, 0.3) is 10.9 Å². The summed E-state index contributed by atoms with van der Waals surface area (Å²) in [6, 6.07) is 8.51. The van der Waals surface area contributed by atoms with Gasteiger partial charge in [-0.25, -0.2) is 0 Å². The molecule has 2 fully saturated rings. The van der Waals surface area contributed by atoms with Crippen LogP contribution in [0.3, 0.4) is 0 Å². The molecule has 3 aromatic rings. The predicted molar refractivity (Wildman–Crippen MR) is 123 cm³/mol. The Balaban J connectivity index is 1.40. The average molecular weight is 460 g/mol. The first-order chi connectivity index (χ1) is 16.4. The number of aromatic hydroxyl groups is 1. The molecular weight excluding hydrogens is 434 g/mol. The van der Waals surface area contributed by atoms with Crippen molar-refractivity contribution in [1.29, 1.82) is 0 Å². The number of nitrogens with one attached hydrogen (secondary N) is 1. The van der Waals surface area contributed by atoms with Crippen molar-refractivity contribution in [3.05, 3.63) is 62.8 Å². The monoisotopic (exact) mass is 459 g/mol. The van der Waals surface area contributed by atoms with E-state index >= 15 is 0 Å². The number of phenolic OH excluding ortho intramolecular Hbond substituents is 1. The van der Waals surface area contributed by atoms with Crippen molar-refractivity contribution in [2.24, 2.45) is 5.92 Å². The molecule has 3 N–H and O–H groups in total. The van der Waals surface area contributed by atoms with Crippen LogP contribution in [-0.4, -0.2) is 49.8 Å². The number of nitro benzene ring substituents is 1. The molecule has 8 rings (SSSR count). The molecule has 0 radical (unpaired) electrons. The van der Waals surface area contributed by atoms with E-state index in [1.54, 1.807) is 18.2 Å². The van der Waals surface area contributed by atoms with Gasteiger partial charge in [0.15, 0.2) is 17.6 Å². The fraction of sp³-hybridized carbons (Fsp3) is 0.462. The summed E-state index contributed by atoms with van der Waals surface area (Å²) in [7, 11) is 0. The van der Waals surface area contributed by atoms with Crippen LogP contribution in [0.5, 0.6) is 11.5 Å². The van der Waals surface area contributed by atoms with Gasteiger partial charge in [0, 0.05) is 47.6 Å². The Hall–Kier alpha value is -3.10. The second-order valence-electron chi connectivity index (χ2n) is 10.9. The van der Waals surface area contributed by atoms with E-state index in [2.05, 4.69) is 9.88 Å². The number of likely N-dealkylation sites (tertiary alicyclic amines) is 1. The first-order valence-corrected chi connectivity index (χ1v) is 12.2. The lowest BCUT2D eigenvalue weighted by Crippen LogP contribution is -2.74. The smallest absolute Gasteiger partial charge is 0.270 e. The van der Waals surface area contributed by atoms with E-state index in [1.807, 2.05) is 6.07 Å². The molecule has 2 unspecified atom stereocenters. The number of aliphatic hydroxyl groups is 1. The van der Waals surface area contributed by atoms with Crippen LogP contribution in [0.2, 0.25) is 0 Å². The van der Waals surface area contributed by atoms with Gasteiger partial charge in [0.2, 0.25) is 0 Å². The molecule has 8 nitrogen and oxygen atoms in total. The highest BCUT2D eigenvalue weighted by molar-refractivity contribution is 5.88. The standard InChI is InChI=1S/C26H25N3O5/c30-19-6-3-14-9-20-26(31)11-17-16-10-15(29(32)33)4-5-18(16)27-22(17)24-25(26,21(14)23(19)34-24)7-8-28(20)12-13-1-2-13/h3-6,10,13,20,24,27,30-31H,1-2,7-9,11-12H2/t20?,24?,25-,26+/m0/s1. The van der Waals surface area contributed by atoms with Crippen LogP contribution in [0, 0.1) is 16.0 Å². The molecular formula is C26H25N3O5. The topological polar surface area (TPSA) is 112 Å². The summed E-state index contributed by atoms with van der Waals surface area (Å²) in [6.45, 7) is 1.89. The third-order valence-electron chi connectivity index (χ3n) is 9.36. The van der Waals surface area contributed by atoms with Crippen molar-refractivity contribution >= 4 is 16.6 Å². The molecule has 0 amide bonds. The van der Waals surface area contributed by atoms with Gasteiger partial charge in [0.05, 0.1) is 21.6 Å². The molecule has 5 aliphatic rings. The zero-order chi connectivity index (χ0) is 23.0. The number of H-pyrrole nitrogens is 1. The number of nitrogens with zero attached hydrogens (tertiary/aromatic N) is 2. The van der Waals surface area contributed by atoms with Gasteiger partial charge >= 0.3 is 0 Å². The molecule has 1 aromatic heterocycles. The molecule has 1 spiro atoms. The molecule has 1 saturated carbocycles. The third-order valence-corrected chi connectivity index (χ3v) is 9.36. The number of aromatic amines is 1. The number of hydrogen-bond acceptors (Lipinski definition) is 6. The quantitative estimate of drug-likeness (QED) is 0.408. The largest absolute Gasteiger partial charge is 0.504 e. The van der Waals surface area contributed by atoms with E-state index in [1.165, 1.54) is 18.9 Å². The summed E-state index contributed by atoms with van der Waals surface area (Å²) >= 11 is 0. The predicted octanol–water partition coefficient (Wildman–Crippen LogP) is 3.48. The maximum absolute atomic E-state index is 12.8. The zero-order valence-corrected chi connectivity index (χ0v) is 18.6. The Labute approximate surface area is 195 Å². The maximum atomic E-state index is 12.8. The number of fused-ring (bicyclic) bond motifs is 4. The van der Waals surface area contributed by atoms with Crippen molar-refractivity contribution in [2.75, 3.05) is 13.1 Å². The minimum Gasteiger partial charge on any atom is -0.504 e. The van der Waals surface area contributed by atoms with Crippen molar-refractivity contribution in [1.82, 2.24) is 9.88 Å². The second kappa shape index (κ2) is 5.93. The molecule has 3 aliphatic carbocycles. The number of phenols is 1. The number of non-ortho nitro benzene ring substituents is 1. The highest BCUT2D eigenvalue weighted by Gasteiger charge is 2.72. The van der Waals surface area contributed by atoms with E-state index in [0.29, 0.717) is 24.5 Å². The molecule has 1 saturated heterocycles. The Morgan fingerprint density at radius 2 is 2.12 bits per heavy atom. The SMILES string of the molecule is O=[N+]([O-])c1ccc2[nH]c3c(c2c1)C[C@@]1(O)C2Cc4ccc(O)c5c4[C@@]1(CCN2CC1CC1)C3O5. The summed E-state index contributed by atoms with van der Waals surface area (Å²) in [5.41, 5.74) is 2.99. The van der Waals surface area contributed by atoms with Crippen LogP contribution in [0.1, 0.15) is 47.8 Å². The van der Waals surface area contributed by atoms with Gasteiger partial charge in [0.1, 0.15) is 0 Å². The number of rotatable bonds is 3. The van der Waals surface area contributed by atoms with E-state index in [4.69, 9.17) is 4.74 Å². The number of nitro groups is 1. The van der Waals surface area contributed by atoms with Gasteiger partial charge in [-0.05, 0) is 61.4 Å². The summed E-state index contributed by atoms with van der Waals surface area (Å²) in [6.07, 6.45) is 3.90. The molecule has 4 atom stereocenters. The zero-order valence-electron chi connectivity index (χ0n) is 18.6. The van der Waals surface area contributed by atoms with Gasteiger partial charge in [-0.2, -0.15) is 0 Å². The van der Waals surface area contributed by atoms with Crippen LogP contribution in [0.4, 0.5) is 5.69 Å². The highest BCUT2D eigenvalue weighted by atomic mass is 16.6. The number of ether oxygens (including phenoxy) is 1. The summed E-state index contributed by atoms with van der Waals surface area (Å²) in [5.74, 6) is 1.31. The lowest BCUT2D eigenvalue weighted by molar-refractivity contribution is -0.384. The number of piperidine rings is 1. The third kappa shape index (κ3) is 2.08. The molecule has 2 aliphatic heterocycles. The fourth-order valence-electron chi connectivity index (χ4n) is 7.72. The van der Waals surface area contributed by atoms with Gasteiger partial charge in [0.25, 0.3) is 5.69 Å². The van der Waals surface area contributed by atoms with Crippen LogP contribution in [-0.2, 0) is 18.3 Å². The first kappa shape index (κ1) is 19.2. The Bertz CT molecular complexity index is 1430. The van der Waals surface area contributed by atoms with Gasteiger partial charge < -0.3 is 19.9 Å². The Kier molecular flexibility index (Phi) is 3.35. The number of aromatic nitrogens is 1. The maximum Gasteiger partial charge on any atom is 0.270 e. The van der Waals surface area contributed by atoms with Gasteiger partial charge in [-0.3, -0.25) is 15.0 Å². The number of hydrogen-bond donors (Lipinski definition) is 3. The van der Waals surface area contributed by atoms with E-state index in [9.17, 15) is 20.3 Å². The lowest BCUT2D eigenvalue weighted by Gasteiger charge is -2.62. The van der Waals surface area contributed by atoms with Crippen molar-refractivity contribution in [3.63, 3.8) is 0 Å². The molecule has 174 valence electrons. The van der Waals surface area contributed by atoms with Crippen LogP contribution >= 0.6 is 0 Å². The molecule has 2 aromatic carbocycles. The molecule has 8 heteroatoms. The summed E-state index contributed by atoms with van der Waals surface area (Å²) in [4.78, 5) is 17.1. The van der Waals surface area contributed by atoms with Gasteiger partial charge in [-0.1, -0.05) is 6.07 Å². The highest BCUT2D eigenvalue weighted by Crippen LogP contribution is 2.69. The minimum absolute atomic E-state index is 0.0383. The van der Waals surface area contributed by atoms with Gasteiger partial charge in [-0.15, -0.1) is 0 Å². The summed E-state index contributed by atoms with van der Waals surface area (Å²) in [5, 5.41) is 35.8. The average Bonchev–Trinajstić information content (AvgIpc) is 3.45. The Morgan fingerprint density at radius 1 is 1.26 bits per heavy atom. The fourth-order valence-corrected chi connectivity index (χ4v) is 7.72. The van der Waals surface area contributed by atoms with E-state index in [0.717, 1.165) is 52.8 Å². The molecule has 34 heavy (non-hydrogen) atoms. The van der Waals surface area contributed by atoms with Crippen molar-refractivity contribution < 1.29 is 19.9 Å². The summed E-state index contributed by atoms with van der Waals surface area (Å²) < 4.78 is 6.54. The first-order valence-electron chi connectivity index (χ1n) is 12.2. The normalized spacial score (nSPS) is 32.9. The lowest BCUT2D eigenvalue weighted by atomic mass is 9.49. The van der Waals surface area contributed by atoms with Crippen molar-refractivity contribution in [3.8, 4) is 11.5 Å².